The van der Waals surface area contributed by atoms with Crippen LogP contribution in [0.3, 0.4) is 0 Å². The number of piperidine rings is 1. The molecule has 3 nitrogen and oxygen atoms in total. The maximum Gasteiger partial charge on any atom is 0.120 e. The van der Waals surface area contributed by atoms with Gasteiger partial charge in [-0.1, -0.05) is 42.5 Å². The van der Waals surface area contributed by atoms with E-state index in [9.17, 15) is 0 Å². The van der Waals surface area contributed by atoms with Crippen LogP contribution in [0, 0.1) is 0 Å². The summed E-state index contributed by atoms with van der Waals surface area (Å²) in [5.74, 6) is 1.62. The van der Waals surface area contributed by atoms with Crippen LogP contribution in [0.4, 0.5) is 0 Å². The van der Waals surface area contributed by atoms with E-state index in [1.54, 1.807) is 0 Å². The van der Waals surface area contributed by atoms with Crippen molar-refractivity contribution in [3.05, 3.63) is 78.5 Å². The van der Waals surface area contributed by atoms with Crippen molar-refractivity contribution in [2.45, 2.75) is 18.8 Å². The van der Waals surface area contributed by atoms with E-state index in [2.05, 4.69) is 70.5 Å². The Hall–Kier alpha value is -2.78. The lowest BCUT2D eigenvalue weighted by Crippen LogP contribution is -2.35. The SMILES string of the molecule is c1ccc2c(C3CCN(CCOc4ccc5[nH]ccc5c4)CC3)cccc2c1. The zero-order valence-corrected chi connectivity index (χ0v) is 16.1. The molecule has 0 aliphatic carbocycles. The highest BCUT2D eigenvalue weighted by molar-refractivity contribution is 5.86. The van der Waals surface area contributed by atoms with E-state index in [-0.39, 0.29) is 0 Å². The lowest BCUT2D eigenvalue weighted by atomic mass is 9.86. The molecule has 142 valence electrons. The summed E-state index contributed by atoms with van der Waals surface area (Å²) in [7, 11) is 0. The third-order valence-corrected chi connectivity index (χ3v) is 6.05. The number of nitrogens with one attached hydrogen (secondary N) is 1. The van der Waals surface area contributed by atoms with E-state index in [1.807, 2.05) is 12.3 Å². The van der Waals surface area contributed by atoms with Crippen LogP contribution in [-0.2, 0) is 0 Å². The summed E-state index contributed by atoms with van der Waals surface area (Å²) < 4.78 is 6.00. The van der Waals surface area contributed by atoms with Gasteiger partial charge in [-0.3, -0.25) is 4.90 Å². The van der Waals surface area contributed by atoms with Crippen molar-refractivity contribution in [3.8, 4) is 5.75 Å². The fourth-order valence-electron chi connectivity index (χ4n) is 4.49. The van der Waals surface area contributed by atoms with Crippen LogP contribution >= 0.6 is 0 Å². The first-order valence-electron chi connectivity index (χ1n) is 10.3. The number of fused-ring (bicyclic) bond motifs is 2. The number of hydrogen-bond acceptors (Lipinski definition) is 2. The average Bonchev–Trinajstić information content (AvgIpc) is 3.22. The number of rotatable bonds is 5. The summed E-state index contributed by atoms with van der Waals surface area (Å²) in [5, 5.41) is 3.98. The normalized spacial score (nSPS) is 16.0. The van der Waals surface area contributed by atoms with Crippen LogP contribution in [0.15, 0.2) is 72.9 Å². The van der Waals surface area contributed by atoms with Crippen LogP contribution in [-0.4, -0.2) is 36.1 Å². The van der Waals surface area contributed by atoms with Crippen molar-refractivity contribution >= 4 is 21.7 Å². The molecule has 1 saturated heterocycles. The molecule has 0 bridgehead atoms. The van der Waals surface area contributed by atoms with Crippen LogP contribution < -0.4 is 4.74 Å². The number of ether oxygens (including phenoxy) is 1. The van der Waals surface area contributed by atoms with Gasteiger partial charge in [-0.15, -0.1) is 0 Å². The van der Waals surface area contributed by atoms with Gasteiger partial charge in [0, 0.05) is 23.6 Å². The summed E-state index contributed by atoms with van der Waals surface area (Å²) in [6.07, 6.45) is 4.42. The summed E-state index contributed by atoms with van der Waals surface area (Å²) in [4.78, 5) is 5.76. The van der Waals surface area contributed by atoms with Gasteiger partial charge in [0.1, 0.15) is 12.4 Å². The van der Waals surface area contributed by atoms with E-state index >= 15 is 0 Å². The van der Waals surface area contributed by atoms with Gasteiger partial charge in [0.25, 0.3) is 0 Å². The highest BCUT2D eigenvalue weighted by atomic mass is 16.5. The Bertz CT molecular complexity index is 1070. The highest BCUT2D eigenvalue weighted by Crippen LogP contribution is 2.33. The monoisotopic (exact) mass is 370 g/mol. The number of hydrogen-bond donors (Lipinski definition) is 1. The van der Waals surface area contributed by atoms with Crippen LogP contribution in [0.5, 0.6) is 5.75 Å². The maximum atomic E-state index is 6.00. The number of benzene rings is 3. The maximum absolute atomic E-state index is 6.00. The molecule has 1 N–H and O–H groups in total. The molecule has 2 heterocycles. The summed E-state index contributed by atoms with van der Waals surface area (Å²) in [6.45, 7) is 4.03. The fourth-order valence-corrected chi connectivity index (χ4v) is 4.49. The zero-order chi connectivity index (χ0) is 18.8. The Morgan fingerprint density at radius 1 is 0.893 bits per heavy atom. The Labute approximate surface area is 165 Å². The number of H-pyrrole nitrogens is 1. The minimum absolute atomic E-state index is 0.666. The molecule has 4 aromatic rings. The second-order valence-corrected chi connectivity index (χ2v) is 7.76. The van der Waals surface area contributed by atoms with Crippen molar-refractivity contribution in [2.75, 3.05) is 26.2 Å². The third-order valence-electron chi connectivity index (χ3n) is 6.05. The second kappa shape index (κ2) is 7.69. The molecule has 1 fully saturated rings. The Balaban J connectivity index is 1.16. The molecule has 28 heavy (non-hydrogen) atoms. The van der Waals surface area contributed by atoms with Gasteiger partial charge in [0.05, 0.1) is 0 Å². The van der Waals surface area contributed by atoms with Crippen molar-refractivity contribution in [3.63, 3.8) is 0 Å². The Morgan fingerprint density at radius 2 is 1.75 bits per heavy atom. The topological polar surface area (TPSA) is 28.3 Å². The lowest BCUT2D eigenvalue weighted by Gasteiger charge is -2.32. The van der Waals surface area contributed by atoms with Crippen molar-refractivity contribution in [2.24, 2.45) is 0 Å². The Morgan fingerprint density at radius 3 is 2.68 bits per heavy atom. The molecule has 0 saturated carbocycles. The summed E-state index contributed by atoms with van der Waals surface area (Å²) in [5.41, 5.74) is 2.68. The first-order chi connectivity index (χ1) is 13.9. The minimum Gasteiger partial charge on any atom is -0.492 e. The van der Waals surface area contributed by atoms with Gasteiger partial charge < -0.3 is 9.72 Å². The molecule has 0 spiro atoms. The van der Waals surface area contributed by atoms with E-state index in [1.165, 1.54) is 34.6 Å². The molecular formula is C25H26N2O. The highest BCUT2D eigenvalue weighted by Gasteiger charge is 2.21. The van der Waals surface area contributed by atoms with Crippen molar-refractivity contribution < 1.29 is 4.74 Å². The van der Waals surface area contributed by atoms with Crippen LogP contribution in [0.1, 0.15) is 24.3 Å². The molecule has 3 aromatic carbocycles. The minimum atomic E-state index is 0.666. The molecular weight excluding hydrogens is 344 g/mol. The smallest absolute Gasteiger partial charge is 0.120 e. The van der Waals surface area contributed by atoms with Gasteiger partial charge in [-0.2, -0.15) is 0 Å². The molecule has 1 aliphatic rings. The summed E-state index contributed by atoms with van der Waals surface area (Å²) >= 11 is 0. The molecule has 0 atom stereocenters. The molecule has 0 radical (unpaired) electrons. The average molecular weight is 370 g/mol. The quantitative estimate of drug-likeness (QED) is 0.497. The summed E-state index contributed by atoms with van der Waals surface area (Å²) in [6, 6.07) is 23.8. The van der Waals surface area contributed by atoms with Gasteiger partial charge in [0.15, 0.2) is 0 Å². The second-order valence-electron chi connectivity index (χ2n) is 7.76. The number of aromatic nitrogens is 1. The first kappa shape index (κ1) is 17.3. The van der Waals surface area contributed by atoms with Gasteiger partial charge in [-0.05, 0) is 72.5 Å². The van der Waals surface area contributed by atoms with E-state index in [0.717, 1.165) is 37.5 Å². The predicted octanol–water partition coefficient (Wildman–Crippen LogP) is 5.58. The molecule has 0 amide bonds. The van der Waals surface area contributed by atoms with Crippen LogP contribution in [0.25, 0.3) is 21.7 Å². The van der Waals surface area contributed by atoms with Crippen molar-refractivity contribution in [1.82, 2.24) is 9.88 Å². The van der Waals surface area contributed by atoms with Crippen molar-refractivity contribution in [1.29, 1.82) is 0 Å². The fraction of sp³-hybridized carbons (Fsp3) is 0.280. The molecule has 5 rings (SSSR count). The number of nitrogens with zero attached hydrogens (tertiary/aromatic N) is 1. The third kappa shape index (κ3) is 3.50. The van der Waals surface area contributed by atoms with E-state index in [4.69, 9.17) is 4.74 Å². The van der Waals surface area contributed by atoms with Gasteiger partial charge >= 0.3 is 0 Å². The lowest BCUT2D eigenvalue weighted by molar-refractivity contribution is 0.173. The predicted molar refractivity (Wildman–Crippen MR) is 116 cm³/mol. The van der Waals surface area contributed by atoms with E-state index < -0.39 is 0 Å². The number of aromatic amines is 1. The molecule has 1 aliphatic heterocycles. The van der Waals surface area contributed by atoms with Crippen LogP contribution in [0.2, 0.25) is 0 Å². The van der Waals surface area contributed by atoms with E-state index in [0.29, 0.717) is 5.92 Å². The largest absolute Gasteiger partial charge is 0.492 e. The van der Waals surface area contributed by atoms with Gasteiger partial charge in [0.2, 0.25) is 0 Å². The first-order valence-corrected chi connectivity index (χ1v) is 10.3. The standard InChI is InChI=1S/C25H26N2O/c1-2-6-23-19(4-1)5-3-7-24(23)20-11-14-27(15-12-20)16-17-28-22-8-9-25-21(18-22)10-13-26-25/h1-10,13,18,20,26H,11-12,14-17H2. The van der Waals surface area contributed by atoms with Gasteiger partial charge in [-0.25, -0.2) is 0 Å². The molecule has 3 heteroatoms. The zero-order valence-electron chi connectivity index (χ0n) is 16.1. The Kier molecular flexibility index (Phi) is 4.76. The molecule has 1 aromatic heterocycles. The molecule has 0 unspecified atom stereocenters. The number of likely N-dealkylation sites (tertiary alicyclic amines) is 1.